The lowest BCUT2D eigenvalue weighted by atomic mass is 9.98. The van der Waals surface area contributed by atoms with Crippen LogP contribution in [0.2, 0.25) is 0 Å². The Kier molecular flexibility index (Phi) is 24.3. The summed E-state index contributed by atoms with van der Waals surface area (Å²) in [5.74, 6) is 11.0. The second-order valence-corrected chi connectivity index (χ2v) is 24.5. The van der Waals surface area contributed by atoms with Crippen molar-refractivity contribution in [2.24, 2.45) is 5.73 Å². The lowest BCUT2D eigenvalue weighted by Gasteiger charge is -2.32. The number of carbonyl (C=O) groups is 3. The van der Waals surface area contributed by atoms with Crippen molar-refractivity contribution in [1.82, 2.24) is 20.8 Å². The largest absolute Gasteiger partial charge is 0.450 e. The number of ether oxygens (including phenoxy) is 3. The van der Waals surface area contributed by atoms with Crippen molar-refractivity contribution in [2.75, 3.05) is 78.2 Å². The van der Waals surface area contributed by atoms with Crippen LogP contribution in [0.15, 0.2) is 60.7 Å². The van der Waals surface area contributed by atoms with Crippen molar-refractivity contribution >= 4 is 48.7 Å². The Morgan fingerprint density at radius 2 is 1.12 bits per heavy atom. The molecule has 0 spiro atoms. The van der Waals surface area contributed by atoms with Crippen LogP contribution < -0.4 is 16.7 Å². The van der Waals surface area contributed by atoms with Gasteiger partial charge in [-0.25, -0.2) is 42.3 Å². The Bertz CT molecular complexity index is 2610. The summed E-state index contributed by atoms with van der Waals surface area (Å²) >= 11 is 0. The number of carbonyl (C=O) groups excluding carboxylic acids is 3. The normalized spacial score (nSPS) is 20.1. The molecule has 412 valence electrons. The number of hydrogen-bond donors (Lipinski definition) is 4. The Morgan fingerprint density at radius 3 is 1.47 bits per heavy atom. The van der Waals surface area contributed by atoms with E-state index in [1.807, 2.05) is 36.4 Å². The Labute approximate surface area is 444 Å². The molecule has 4 unspecified atom stereocenters. The maximum atomic E-state index is 12.9. The number of benzene rings is 2. The third-order valence-electron chi connectivity index (χ3n) is 14.0. The van der Waals surface area contributed by atoms with Crippen LogP contribution in [0.5, 0.6) is 0 Å². The summed E-state index contributed by atoms with van der Waals surface area (Å²) in [7, 11) is -7.38. The van der Waals surface area contributed by atoms with Crippen molar-refractivity contribution in [3.05, 3.63) is 82.9 Å². The van der Waals surface area contributed by atoms with Crippen LogP contribution in [0.4, 0.5) is 4.79 Å². The summed E-state index contributed by atoms with van der Waals surface area (Å²) in [5, 5.41) is 8.83. The van der Waals surface area contributed by atoms with Crippen LogP contribution in [-0.4, -0.2) is 150 Å². The third-order valence-corrected chi connectivity index (χ3v) is 18.0. The number of primary amides is 1. The van der Waals surface area contributed by atoms with E-state index in [1.165, 1.54) is 25.0 Å². The maximum Gasteiger partial charge on any atom is 0.404 e. The van der Waals surface area contributed by atoms with Gasteiger partial charge in [-0.05, 0) is 125 Å². The number of nitrogens with one attached hydrogen (secondary N) is 2. The number of nitrogens with two attached hydrogens (primary N) is 1. The summed E-state index contributed by atoms with van der Waals surface area (Å²) < 4.78 is 62.7. The van der Waals surface area contributed by atoms with Crippen LogP contribution in [0.25, 0.3) is 11.1 Å². The van der Waals surface area contributed by atoms with Crippen molar-refractivity contribution < 1.29 is 60.2 Å². The number of hydroxylamine groups is 2. The molecule has 2 saturated heterocycles. The van der Waals surface area contributed by atoms with Gasteiger partial charge >= 0.3 is 6.09 Å². The first-order chi connectivity index (χ1) is 35.8. The van der Waals surface area contributed by atoms with Crippen LogP contribution in [0.1, 0.15) is 126 Å². The van der Waals surface area contributed by atoms with Gasteiger partial charge in [-0.3, -0.25) is 19.4 Å². The molecule has 2 aromatic carbocycles. The van der Waals surface area contributed by atoms with E-state index >= 15 is 0 Å². The van der Waals surface area contributed by atoms with Crippen LogP contribution in [0.3, 0.4) is 0 Å². The number of unbranched alkanes of at least 4 members (excludes halogenated alkanes) is 2. The number of nitrogens with zero attached hydrogens (tertiary/aromatic N) is 2. The van der Waals surface area contributed by atoms with E-state index in [0.29, 0.717) is 77.9 Å². The molecule has 0 bridgehead atoms. The Hall–Kier alpha value is -5.13. The number of aliphatic hydroxyl groups excluding tert-OH is 1. The number of amides is 3. The highest BCUT2D eigenvalue weighted by molar-refractivity contribution is 7.93. The molecule has 0 radical (unpaired) electrons. The van der Waals surface area contributed by atoms with Gasteiger partial charge in [-0.15, -0.1) is 0 Å². The lowest BCUT2D eigenvalue weighted by molar-refractivity contribution is -0.201. The zero-order valence-corrected chi connectivity index (χ0v) is 45.7. The van der Waals surface area contributed by atoms with E-state index in [-0.39, 0.29) is 26.1 Å². The first kappa shape index (κ1) is 60.7. The topological polar surface area (TPSA) is 242 Å². The molecule has 75 heavy (non-hydrogen) atoms. The molecule has 5 N–H and O–H groups in total. The van der Waals surface area contributed by atoms with E-state index in [1.54, 1.807) is 0 Å². The fourth-order valence-electron chi connectivity index (χ4n) is 8.46. The van der Waals surface area contributed by atoms with Gasteiger partial charge < -0.3 is 25.1 Å². The molecular weight excluding hydrogens is 1000 g/mol. The minimum Gasteiger partial charge on any atom is -0.450 e. The highest BCUT2D eigenvalue weighted by Gasteiger charge is 2.45. The van der Waals surface area contributed by atoms with Gasteiger partial charge in [0, 0.05) is 108 Å². The Morgan fingerprint density at radius 1 is 0.693 bits per heavy atom. The fourth-order valence-corrected chi connectivity index (χ4v) is 10.1. The van der Waals surface area contributed by atoms with E-state index in [0.717, 1.165) is 86.4 Å². The number of rotatable bonds is 21. The maximum absolute atomic E-state index is 12.9. The van der Waals surface area contributed by atoms with Crippen molar-refractivity contribution in [1.29, 1.82) is 0 Å². The van der Waals surface area contributed by atoms with Crippen molar-refractivity contribution in [3.63, 3.8) is 0 Å². The highest BCUT2D eigenvalue weighted by Crippen LogP contribution is 2.28. The molecule has 4 heterocycles. The first-order valence-corrected chi connectivity index (χ1v) is 29.7. The summed E-state index contributed by atoms with van der Waals surface area (Å²) in [5.41, 5.74) is 16.2. The molecule has 0 aliphatic carbocycles. The summed E-state index contributed by atoms with van der Waals surface area (Å²) in [4.78, 5) is 51.3. The standard InChI is InChI=1S/C28H39N3O7S.C27H38N2O6S/c1-28(39(2,34)35,26(32)30-38-25-9-5-7-20-36-25)16-19-31-17-14-24(15-18-31)23-12-10-22(11-13-23)8-4-3-6-21-37-27(29)33;1-27(36(2,32)33,26(31)28-35-25-9-5-7-21-34-25)16-19-29-17-14-24(15-18-29)23-12-10-22(11-13-23)8-4-3-6-20-30/h10-14,25H,3,5-7,9,15-21H2,1-2H3,(H2,29,33)(H,30,32);10-14,25,30H,3,5-7,9,15-21H2,1-2H3,(H,28,31). The molecule has 6 rings (SSSR count). The van der Waals surface area contributed by atoms with Crippen molar-refractivity contribution in [2.45, 2.75) is 126 Å². The fraction of sp³-hybridized carbons (Fsp3) is 0.582. The van der Waals surface area contributed by atoms with E-state index in [2.05, 4.69) is 73.5 Å². The average Bonchev–Trinajstić information content (AvgIpc) is 3.41. The van der Waals surface area contributed by atoms with E-state index in [4.69, 9.17) is 30.0 Å². The molecule has 0 aromatic heterocycles. The minimum atomic E-state index is -3.70. The SMILES string of the molecule is CC(CCN1CC=C(c2ccc(C#CCCCO)cc2)CC1)(C(=O)NOC1CCCCO1)S(C)(=O)=O.CC(CCN1CC=C(c2ccc(C#CCCCOC(N)=O)cc2)CC1)(C(=O)NOC1CCCCO1)S(C)(=O)=O. The molecule has 3 amide bonds. The van der Waals surface area contributed by atoms with Gasteiger partial charge in [-0.2, -0.15) is 0 Å². The van der Waals surface area contributed by atoms with Crippen LogP contribution in [0, 0.1) is 23.7 Å². The quantitative estimate of drug-likeness (QED) is 0.0692. The molecular formula is C55H77N5O13S2. The summed E-state index contributed by atoms with van der Waals surface area (Å²) in [6.07, 6.45) is 14.3. The van der Waals surface area contributed by atoms with E-state index < -0.39 is 59.7 Å². The molecule has 4 aliphatic heterocycles. The predicted molar refractivity (Wildman–Crippen MR) is 287 cm³/mol. The van der Waals surface area contributed by atoms with Crippen LogP contribution >= 0.6 is 0 Å². The van der Waals surface area contributed by atoms with Crippen LogP contribution in [-0.2, 0) is 53.1 Å². The number of sulfone groups is 2. The lowest BCUT2D eigenvalue weighted by Crippen LogP contribution is -2.52. The Balaban J connectivity index is 0.000000278. The van der Waals surface area contributed by atoms with Crippen molar-refractivity contribution in [3.8, 4) is 23.7 Å². The van der Waals surface area contributed by atoms with Gasteiger partial charge in [-0.1, -0.05) is 60.1 Å². The summed E-state index contributed by atoms with van der Waals surface area (Å²) in [6, 6.07) is 16.2. The van der Waals surface area contributed by atoms with E-state index in [9.17, 15) is 31.2 Å². The monoisotopic (exact) mass is 1080 g/mol. The molecule has 0 saturated carbocycles. The third kappa shape index (κ3) is 19.4. The molecule has 4 atom stereocenters. The van der Waals surface area contributed by atoms with Gasteiger partial charge in [0.25, 0.3) is 11.8 Å². The first-order valence-electron chi connectivity index (χ1n) is 25.9. The van der Waals surface area contributed by atoms with Gasteiger partial charge in [0.05, 0.1) is 6.61 Å². The number of hydrogen-bond acceptors (Lipinski definition) is 15. The highest BCUT2D eigenvalue weighted by atomic mass is 32.2. The van der Waals surface area contributed by atoms with Gasteiger partial charge in [0.2, 0.25) is 0 Å². The molecule has 18 nitrogen and oxygen atoms in total. The van der Waals surface area contributed by atoms with Gasteiger partial charge in [0.1, 0.15) is 0 Å². The average molecular weight is 1080 g/mol. The smallest absolute Gasteiger partial charge is 0.404 e. The summed E-state index contributed by atoms with van der Waals surface area (Å²) in [6.45, 7) is 8.28. The predicted octanol–water partition coefficient (Wildman–Crippen LogP) is 5.44. The second-order valence-electron chi connectivity index (χ2n) is 19.6. The minimum absolute atomic E-state index is 0.151. The second kappa shape index (κ2) is 30.0. The zero-order chi connectivity index (χ0) is 54.3. The molecule has 2 fully saturated rings. The number of aliphatic hydroxyl groups is 1. The molecule has 2 aromatic rings. The molecule has 20 heteroatoms. The zero-order valence-electron chi connectivity index (χ0n) is 44.0. The molecule has 4 aliphatic rings. The van der Waals surface area contributed by atoms with Gasteiger partial charge in [0.15, 0.2) is 41.7 Å².